The summed E-state index contributed by atoms with van der Waals surface area (Å²) in [6.07, 6.45) is 3.33. The van der Waals surface area contributed by atoms with Crippen molar-refractivity contribution in [2.45, 2.75) is 37.8 Å². The summed E-state index contributed by atoms with van der Waals surface area (Å²) in [5.41, 5.74) is 0.610. The lowest BCUT2D eigenvalue weighted by Crippen LogP contribution is -2.42. The fourth-order valence-corrected chi connectivity index (χ4v) is 9.07. The zero-order chi connectivity index (χ0) is 43.4. The Hall–Kier alpha value is -5.56. The first-order chi connectivity index (χ1) is 28.4. The molecular weight excluding hydrogens is 975 g/mol. The molecule has 2 aliphatic heterocycles. The second-order valence-corrected chi connectivity index (χ2v) is 16.8. The number of carboxylic acid groups (broad SMARTS) is 1. The number of nitriles is 2. The highest BCUT2D eigenvalue weighted by Gasteiger charge is 2.52. The summed E-state index contributed by atoms with van der Waals surface area (Å²) >= 11 is 25.9. The number of carboxylic acids is 1. The van der Waals surface area contributed by atoms with E-state index in [4.69, 9.17) is 56.9 Å². The molecule has 2 aliphatic rings. The van der Waals surface area contributed by atoms with E-state index in [0.29, 0.717) is 34.7 Å². The summed E-state index contributed by atoms with van der Waals surface area (Å²) in [5.74, 6) is -3.07. The number of fused-ring (bicyclic) bond motifs is 2. The van der Waals surface area contributed by atoms with Crippen LogP contribution in [0.15, 0.2) is 85.2 Å². The molecule has 4 aromatic carbocycles. The van der Waals surface area contributed by atoms with E-state index in [-0.39, 0.29) is 49.7 Å². The number of amides is 2. The maximum Gasteiger partial charge on any atom is 0.354 e. The van der Waals surface area contributed by atoms with Gasteiger partial charge in [-0.2, -0.15) is 10.5 Å². The van der Waals surface area contributed by atoms with Crippen LogP contribution in [0.4, 0.5) is 32.1 Å². The molecule has 19 heteroatoms. The second-order valence-electron chi connectivity index (χ2n) is 14.0. The molecule has 302 valence electrons. The highest BCUT2D eigenvalue weighted by molar-refractivity contribution is 14.1. The maximum atomic E-state index is 13.9. The Balaban J connectivity index is 0.000000182. The number of carbonyl (C=O) groups is 3. The minimum Gasteiger partial charge on any atom is -0.477 e. The molecule has 1 N–H and O–H groups in total. The normalized spacial score (nSPS) is 17.8. The first-order valence-electron chi connectivity index (χ1n) is 17.4. The fourth-order valence-electron chi connectivity index (χ4n) is 7.23. The SMILES string of the molecule is C[C@@]1(Cc2ccc(C#N)cc2)C(=O)N(c2cc(Cl)c(F)c(Cl)c2)c2ncc(C(=O)O)n21.C[C@@]1(Cc2ccc(C#N)cc2)C(=O)N(c2cc(Cl)c(F)c(Cl)c2)c2ncc(I)n21. The molecule has 2 amide bonds. The minimum absolute atomic E-state index is 0.0530. The Bertz CT molecular complexity index is 2810. The topological polar surface area (TPSA) is 161 Å². The van der Waals surface area contributed by atoms with Crippen molar-refractivity contribution >= 4 is 110 Å². The van der Waals surface area contributed by atoms with Crippen molar-refractivity contribution in [3.8, 4) is 12.1 Å². The Morgan fingerprint density at radius 2 is 1.07 bits per heavy atom. The number of imidazole rings is 2. The van der Waals surface area contributed by atoms with Crippen LogP contribution in [-0.4, -0.2) is 42.0 Å². The van der Waals surface area contributed by atoms with E-state index in [1.54, 1.807) is 49.5 Å². The van der Waals surface area contributed by atoms with Gasteiger partial charge in [-0.25, -0.2) is 33.3 Å². The summed E-state index contributed by atoms with van der Waals surface area (Å²) in [7, 11) is 0. The monoisotopic (exact) mass is 998 g/mol. The molecule has 0 saturated carbocycles. The van der Waals surface area contributed by atoms with Crippen molar-refractivity contribution in [3.05, 3.63) is 149 Å². The van der Waals surface area contributed by atoms with Crippen LogP contribution in [0.5, 0.6) is 0 Å². The second kappa shape index (κ2) is 16.1. The van der Waals surface area contributed by atoms with Gasteiger partial charge in [-0.1, -0.05) is 70.7 Å². The number of halogens is 7. The van der Waals surface area contributed by atoms with E-state index in [1.165, 1.54) is 38.6 Å². The predicted molar refractivity (Wildman–Crippen MR) is 228 cm³/mol. The van der Waals surface area contributed by atoms with Crippen LogP contribution in [0.1, 0.15) is 46.6 Å². The third-order valence-electron chi connectivity index (χ3n) is 10.1. The van der Waals surface area contributed by atoms with E-state index in [1.807, 2.05) is 29.7 Å². The Morgan fingerprint density at radius 1 is 0.700 bits per heavy atom. The first kappa shape index (κ1) is 42.6. The summed E-state index contributed by atoms with van der Waals surface area (Å²) in [4.78, 5) is 50.1. The molecule has 0 unspecified atom stereocenters. The van der Waals surface area contributed by atoms with Gasteiger partial charge >= 0.3 is 5.97 Å². The molecule has 0 bridgehead atoms. The van der Waals surface area contributed by atoms with Gasteiger partial charge in [0.1, 0.15) is 20.5 Å². The van der Waals surface area contributed by atoms with Crippen molar-refractivity contribution in [2.75, 3.05) is 9.80 Å². The van der Waals surface area contributed by atoms with Crippen LogP contribution in [0.2, 0.25) is 20.1 Å². The van der Waals surface area contributed by atoms with Crippen LogP contribution < -0.4 is 9.80 Å². The zero-order valence-corrected chi connectivity index (χ0v) is 36.1. The van der Waals surface area contributed by atoms with E-state index < -0.39 is 34.6 Å². The number of aromatic carboxylic acids is 1. The van der Waals surface area contributed by atoms with Gasteiger partial charge in [0.15, 0.2) is 11.6 Å². The lowest BCUT2D eigenvalue weighted by molar-refractivity contribution is -0.124. The molecule has 6 aromatic rings. The summed E-state index contributed by atoms with van der Waals surface area (Å²) < 4.78 is 31.8. The summed E-state index contributed by atoms with van der Waals surface area (Å²) in [5, 5.41) is 26.7. The smallest absolute Gasteiger partial charge is 0.354 e. The van der Waals surface area contributed by atoms with Crippen molar-refractivity contribution in [1.29, 1.82) is 10.5 Å². The fraction of sp³-hybridized carbons (Fsp3) is 0.146. The Labute approximate surface area is 373 Å². The molecule has 0 fully saturated rings. The molecule has 0 aliphatic carbocycles. The van der Waals surface area contributed by atoms with Gasteiger partial charge in [0.05, 0.1) is 67.1 Å². The van der Waals surface area contributed by atoms with E-state index >= 15 is 0 Å². The van der Waals surface area contributed by atoms with Crippen LogP contribution in [0, 0.1) is 38.0 Å². The van der Waals surface area contributed by atoms with Crippen molar-refractivity contribution in [2.24, 2.45) is 0 Å². The zero-order valence-electron chi connectivity index (χ0n) is 30.9. The van der Waals surface area contributed by atoms with Gasteiger partial charge < -0.3 is 5.11 Å². The van der Waals surface area contributed by atoms with Gasteiger partial charge in [-0.3, -0.25) is 18.7 Å². The molecule has 12 nitrogen and oxygen atoms in total. The van der Waals surface area contributed by atoms with E-state index in [2.05, 4.69) is 38.6 Å². The van der Waals surface area contributed by atoms with Gasteiger partial charge in [-0.15, -0.1) is 0 Å². The minimum atomic E-state index is -1.36. The highest BCUT2D eigenvalue weighted by Crippen LogP contribution is 2.46. The average molecular weight is 1000 g/mol. The van der Waals surface area contributed by atoms with Crippen LogP contribution >= 0.6 is 69.0 Å². The first-order valence-corrected chi connectivity index (χ1v) is 20.0. The number of anilines is 4. The van der Waals surface area contributed by atoms with Gasteiger partial charge in [0.2, 0.25) is 11.9 Å². The van der Waals surface area contributed by atoms with Crippen LogP contribution in [-0.2, 0) is 33.5 Å². The molecule has 0 spiro atoms. The average Bonchev–Trinajstić information content (AvgIpc) is 3.94. The van der Waals surface area contributed by atoms with Crippen LogP contribution in [0.25, 0.3) is 0 Å². The summed E-state index contributed by atoms with van der Waals surface area (Å²) in [6, 6.07) is 23.0. The molecule has 2 aromatic heterocycles. The summed E-state index contributed by atoms with van der Waals surface area (Å²) in [6.45, 7) is 3.42. The standard InChI is InChI=1S/C21H13Cl2FN4O3.C20H12Cl2FIN4O/c1-21(8-11-2-4-12(9-25)5-3-11)19(31)27(13-6-14(22)17(24)15(23)7-13)20-26-10-16(18(29)30)28(20)21;1-20(8-11-2-4-12(9-25)5-3-11)18(29)27(19-26-10-16(24)28(19)20)13-6-14(21)17(23)15(22)7-13/h2-7,10H,8H2,1H3,(H,29,30);2-7,10H,8H2,1H3/t21-;20-/m11/s1. The third-order valence-corrected chi connectivity index (χ3v) is 12.0. The molecule has 60 heavy (non-hydrogen) atoms. The number of hydrogen-bond acceptors (Lipinski definition) is 7. The molecule has 8 rings (SSSR count). The lowest BCUT2D eigenvalue weighted by Gasteiger charge is -2.26. The van der Waals surface area contributed by atoms with E-state index in [9.17, 15) is 28.3 Å². The van der Waals surface area contributed by atoms with Gasteiger partial charge in [0.25, 0.3) is 11.8 Å². The number of benzene rings is 4. The number of carbonyl (C=O) groups excluding carboxylic acids is 2. The molecule has 0 saturated heterocycles. The van der Waals surface area contributed by atoms with E-state index in [0.717, 1.165) is 15.5 Å². The lowest BCUT2D eigenvalue weighted by atomic mass is 9.91. The third kappa shape index (κ3) is 7.24. The van der Waals surface area contributed by atoms with Gasteiger partial charge in [-0.05, 0) is 96.1 Å². The maximum absolute atomic E-state index is 13.9. The number of rotatable bonds is 7. The Kier molecular flexibility index (Phi) is 11.4. The number of aromatic nitrogens is 4. The van der Waals surface area contributed by atoms with Crippen molar-refractivity contribution in [3.63, 3.8) is 0 Å². The van der Waals surface area contributed by atoms with Crippen LogP contribution in [0.3, 0.4) is 0 Å². The largest absolute Gasteiger partial charge is 0.477 e. The quantitative estimate of drug-likeness (QED) is 0.122. The molecule has 2 atom stereocenters. The molecular formula is C41H25Cl4F2IN8O4. The number of hydrogen-bond donors (Lipinski definition) is 1. The molecule has 4 heterocycles. The van der Waals surface area contributed by atoms with Gasteiger partial charge in [0, 0.05) is 12.8 Å². The highest BCUT2D eigenvalue weighted by atomic mass is 127. The van der Waals surface area contributed by atoms with Crippen molar-refractivity contribution in [1.82, 2.24) is 19.1 Å². The van der Waals surface area contributed by atoms with Crippen molar-refractivity contribution < 1.29 is 28.3 Å². The Morgan fingerprint density at radius 3 is 1.45 bits per heavy atom. The number of nitrogens with zero attached hydrogens (tertiary/aromatic N) is 8. The predicted octanol–water partition coefficient (Wildman–Crippen LogP) is 9.98. The molecule has 0 radical (unpaired) electrons.